The molecule has 2 rings (SSSR count). The number of rotatable bonds is 6. The molecule has 0 fully saturated rings. The number of thiophene rings is 1. The van der Waals surface area contributed by atoms with E-state index in [0.717, 1.165) is 22.7 Å². The van der Waals surface area contributed by atoms with E-state index in [0.29, 0.717) is 13.2 Å². The summed E-state index contributed by atoms with van der Waals surface area (Å²) in [7, 11) is 3.33. The molecular formula is C13H17N3O2S. The fraction of sp³-hybridized carbons (Fsp3) is 0.385. The van der Waals surface area contributed by atoms with Crippen molar-refractivity contribution in [2.75, 3.05) is 20.3 Å². The van der Waals surface area contributed by atoms with Crippen LogP contribution in [0.4, 0.5) is 0 Å². The molecular weight excluding hydrogens is 262 g/mol. The van der Waals surface area contributed by atoms with Gasteiger partial charge in [-0.1, -0.05) is 6.07 Å². The quantitative estimate of drug-likeness (QED) is 0.809. The molecule has 0 saturated heterocycles. The van der Waals surface area contributed by atoms with Crippen LogP contribution in [0.5, 0.6) is 0 Å². The highest BCUT2D eigenvalue weighted by Gasteiger charge is 2.08. The summed E-state index contributed by atoms with van der Waals surface area (Å²) in [6.07, 6.45) is 0. The monoisotopic (exact) mass is 279 g/mol. The van der Waals surface area contributed by atoms with E-state index in [1.807, 2.05) is 23.6 Å². The predicted molar refractivity (Wildman–Crippen MR) is 76.4 cm³/mol. The van der Waals surface area contributed by atoms with Crippen molar-refractivity contribution in [3.8, 4) is 10.6 Å². The molecule has 0 radical (unpaired) electrons. The van der Waals surface area contributed by atoms with Crippen molar-refractivity contribution in [3.05, 3.63) is 39.5 Å². The summed E-state index contributed by atoms with van der Waals surface area (Å²) in [5.41, 5.74) is 1.49. The minimum absolute atomic E-state index is 0.0646. The van der Waals surface area contributed by atoms with Crippen LogP contribution in [0.2, 0.25) is 0 Å². The number of ether oxygens (including phenoxy) is 1. The summed E-state index contributed by atoms with van der Waals surface area (Å²) < 4.78 is 6.35. The van der Waals surface area contributed by atoms with Gasteiger partial charge in [0.25, 0.3) is 5.56 Å². The number of hydrogen-bond donors (Lipinski definition) is 1. The Hall–Kier alpha value is -1.50. The van der Waals surface area contributed by atoms with Crippen molar-refractivity contribution >= 4 is 11.3 Å². The molecule has 0 aliphatic carbocycles. The van der Waals surface area contributed by atoms with Crippen molar-refractivity contribution in [2.45, 2.75) is 6.54 Å². The van der Waals surface area contributed by atoms with Gasteiger partial charge in [0.2, 0.25) is 0 Å². The molecule has 102 valence electrons. The van der Waals surface area contributed by atoms with E-state index in [2.05, 4.69) is 10.4 Å². The maximum absolute atomic E-state index is 12.0. The normalized spacial score (nSPS) is 10.8. The van der Waals surface area contributed by atoms with E-state index in [1.54, 1.807) is 25.5 Å². The first-order valence-electron chi connectivity index (χ1n) is 6.03. The third-order valence-corrected chi connectivity index (χ3v) is 3.60. The second kappa shape index (κ2) is 6.60. The number of methoxy groups -OCH3 is 1. The number of nitrogens with one attached hydrogen (secondary N) is 1. The van der Waals surface area contributed by atoms with Gasteiger partial charge >= 0.3 is 0 Å². The molecule has 0 atom stereocenters. The van der Waals surface area contributed by atoms with Crippen molar-refractivity contribution in [2.24, 2.45) is 7.05 Å². The molecule has 0 aliphatic rings. The highest BCUT2D eigenvalue weighted by Crippen LogP contribution is 2.21. The zero-order chi connectivity index (χ0) is 13.7. The smallest absolute Gasteiger partial charge is 0.271 e. The Morgan fingerprint density at radius 2 is 2.37 bits per heavy atom. The molecule has 0 amide bonds. The highest BCUT2D eigenvalue weighted by molar-refractivity contribution is 7.13. The van der Waals surface area contributed by atoms with E-state index < -0.39 is 0 Å². The largest absolute Gasteiger partial charge is 0.383 e. The minimum Gasteiger partial charge on any atom is -0.383 e. The molecule has 0 saturated carbocycles. The first kappa shape index (κ1) is 13.9. The Balaban J connectivity index is 2.20. The lowest BCUT2D eigenvalue weighted by molar-refractivity contribution is 0.199. The standard InChI is InChI=1S/C13H17N3O2S/c1-16-13(17)10(9-14-5-6-18-2)8-11(15-16)12-4-3-7-19-12/h3-4,7-8,14H,5-6,9H2,1-2H3. The first-order chi connectivity index (χ1) is 9.22. The van der Waals surface area contributed by atoms with E-state index in [-0.39, 0.29) is 5.56 Å². The number of nitrogens with zero attached hydrogens (tertiary/aromatic N) is 2. The molecule has 0 spiro atoms. The van der Waals surface area contributed by atoms with Crippen LogP contribution < -0.4 is 10.9 Å². The third kappa shape index (κ3) is 3.50. The minimum atomic E-state index is -0.0646. The van der Waals surface area contributed by atoms with Crippen LogP contribution in [0.25, 0.3) is 10.6 Å². The second-order valence-corrected chi connectivity index (χ2v) is 5.08. The summed E-state index contributed by atoms with van der Waals surface area (Å²) >= 11 is 1.61. The maximum atomic E-state index is 12.0. The lowest BCUT2D eigenvalue weighted by Crippen LogP contribution is -2.28. The van der Waals surface area contributed by atoms with Gasteiger partial charge in [-0.05, 0) is 17.5 Å². The Kier molecular flexibility index (Phi) is 4.84. The van der Waals surface area contributed by atoms with Gasteiger partial charge < -0.3 is 10.1 Å². The summed E-state index contributed by atoms with van der Waals surface area (Å²) in [5, 5.41) is 9.46. The predicted octanol–water partition coefficient (Wildman–Crippen LogP) is 1.24. The highest BCUT2D eigenvalue weighted by atomic mass is 32.1. The van der Waals surface area contributed by atoms with Gasteiger partial charge in [-0.3, -0.25) is 4.79 Å². The van der Waals surface area contributed by atoms with Crippen molar-refractivity contribution in [1.82, 2.24) is 15.1 Å². The molecule has 1 N–H and O–H groups in total. The molecule has 2 aromatic rings. The van der Waals surface area contributed by atoms with Gasteiger partial charge in [-0.15, -0.1) is 11.3 Å². The van der Waals surface area contributed by atoms with Gasteiger partial charge in [-0.2, -0.15) is 5.10 Å². The van der Waals surface area contributed by atoms with Gasteiger partial charge in [0.15, 0.2) is 0 Å². The third-order valence-electron chi connectivity index (χ3n) is 2.71. The molecule has 0 bridgehead atoms. The molecule has 6 heteroatoms. The molecule has 2 heterocycles. The van der Waals surface area contributed by atoms with Crippen LogP contribution in [0.15, 0.2) is 28.4 Å². The Morgan fingerprint density at radius 1 is 1.53 bits per heavy atom. The van der Waals surface area contributed by atoms with Crippen LogP contribution in [-0.2, 0) is 18.3 Å². The van der Waals surface area contributed by atoms with E-state index in [1.165, 1.54) is 4.68 Å². The maximum Gasteiger partial charge on any atom is 0.271 e. The van der Waals surface area contributed by atoms with Crippen molar-refractivity contribution in [1.29, 1.82) is 0 Å². The van der Waals surface area contributed by atoms with Gasteiger partial charge in [0, 0.05) is 32.8 Å². The fourth-order valence-corrected chi connectivity index (χ4v) is 2.42. The van der Waals surface area contributed by atoms with Gasteiger partial charge in [0.05, 0.1) is 11.5 Å². The van der Waals surface area contributed by atoms with E-state index >= 15 is 0 Å². The number of hydrogen-bond acceptors (Lipinski definition) is 5. The van der Waals surface area contributed by atoms with Crippen LogP contribution >= 0.6 is 11.3 Å². The molecule has 19 heavy (non-hydrogen) atoms. The van der Waals surface area contributed by atoms with Gasteiger partial charge in [0.1, 0.15) is 5.69 Å². The van der Waals surface area contributed by atoms with Crippen molar-refractivity contribution in [3.63, 3.8) is 0 Å². The molecule has 2 aromatic heterocycles. The zero-order valence-electron chi connectivity index (χ0n) is 11.0. The fourth-order valence-electron chi connectivity index (χ4n) is 1.74. The number of aromatic nitrogens is 2. The van der Waals surface area contributed by atoms with Crippen LogP contribution in [-0.4, -0.2) is 30.0 Å². The SMILES string of the molecule is COCCNCc1cc(-c2cccs2)nn(C)c1=O. The first-order valence-corrected chi connectivity index (χ1v) is 6.91. The summed E-state index contributed by atoms with van der Waals surface area (Å²) in [6, 6.07) is 5.83. The van der Waals surface area contributed by atoms with Crippen molar-refractivity contribution < 1.29 is 4.74 Å². The van der Waals surface area contributed by atoms with Gasteiger partial charge in [-0.25, -0.2) is 4.68 Å². The zero-order valence-corrected chi connectivity index (χ0v) is 11.9. The summed E-state index contributed by atoms with van der Waals surface area (Å²) in [4.78, 5) is 13.1. The van der Waals surface area contributed by atoms with Crippen LogP contribution in [0.1, 0.15) is 5.56 Å². The van der Waals surface area contributed by atoms with Crippen LogP contribution in [0.3, 0.4) is 0 Å². The van der Waals surface area contributed by atoms with E-state index in [9.17, 15) is 4.79 Å². The summed E-state index contributed by atoms with van der Waals surface area (Å²) in [5.74, 6) is 0. The second-order valence-electron chi connectivity index (χ2n) is 4.13. The molecule has 0 unspecified atom stereocenters. The molecule has 0 aromatic carbocycles. The summed E-state index contributed by atoms with van der Waals surface area (Å²) in [6.45, 7) is 1.87. The Morgan fingerprint density at radius 3 is 3.05 bits per heavy atom. The topological polar surface area (TPSA) is 56.1 Å². The molecule has 5 nitrogen and oxygen atoms in total. The lowest BCUT2D eigenvalue weighted by atomic mass is 10.2. The molecule has 0 aliphatic heterocycles. The number of aryl methyl sites for hydroxylation is 1. The Labute approximate surface area is 115 Å². The Bertz CT molecular complexity index is 578. The lowest BCUT2D eigenvalue weighted by Gasteiger charge is -2.07. The van der Waals surface area contributed by atoms with E-state index in [4.69, 9.17) is 4.74 Å². The average molecular weight is 279 g/mol. The van der Waals surface area contributed by atoms with Crippen LogP contribution in [0, 0.1) is 0 Å². The average Bonchev–Trinajstić information content (AvgIpc) is 2.93.